The number of hydrogen-bond donors (Lipinski definition) is 2. The molecule has 1 unspecified atom stereocenters. The topological polar surface area (TPSA) is 38.0 Å². The van der Waals surface area contributed by atoms with Crippen molar-refractivity contribution in [1.82, 2.24) is 5.43 Å². The summed E-state index contributed by atoms with van der Waals surface area (Å²) in [7, 11) is 0. The number of nitrogens with one attached hydrogen (secondary N) is 1. The lowest BCUT2D eigenvalue weighted by molar-refractivity contribution is 0.336. The zero-order valence-corrected chi connectivity index (χ0v) is 10.4. The summed E-state index contributed by atoms with van der Waals surface area (Å²) in [5.74, 6) is 5.49. The van der Waals surface area contributed by atoms with Crippen molar-refractivity contribution in [2.24, 2.45) is 11.8 Å². The van der Waals surface area contributed by atoms with Crippen LogP contribution in [0.15, 0.2) is 18.2 Å². The second-order valence-electron chi connectivity index (χ2n) is 3.86. The van der Waals surface area contributed by atoms with Crippen molar-refractivity contribution >= 4 is 11.6 Å². The molecule has 3 N–H and O–H groups in total. The van der Waals surface area contributed by atoms with E-state index in [9.17, 15) is 4.39 Å². The molecule has 0 heterocycles. The fourth-order valence-electron chi connectivity index (χ4n) is 2.02. The Morgan fingerprint density at radius 2 is 2.00 bits per heavy atom. The van der Waals surface area contributed by atoms with E-state index in [2.05, 4.69) is 19.3 Å². The van der Waals surface area contributed by atoms with E-state index in [1.165, 1.54) is 6.07 Å². The standard InChI is InChI=1S/C12H18ClFN2/c1-3-8(4-2)12(16-15)11-9(13)6-5-7-10(11)14/h5-8,12,16H,3-4,15H2,1-2H3. The normalized spacial score (nSPS) is 13.1. The first kappa shape index (κ1) is 13.4. The van der Waals surface area contributed by atoms with Crippen molar-refractivity contribution in [3.8, 4) is 0 Å². The highest BCUT2D eigenvalue weighted by molar-refractivity contribution is 6.31. The lowest BCUT2D eigenvalue weighted by Crippen LogP contribution is -2.34. The number of hydrazine groups is 1. The van der Waals surface area contributed by atoms with Crippen LogP contribution >= 0.6 is 11.6 Å². The average Bonchev–Trinajstić information content (AvgIpc) is 2.28. The van der Waals surface area contributed by atoms with Gasteiger partial charge >= 0.3 is 0 Å². The minimum Gasteiger partial charge on any atom is -0.271 e. The molecule has 1 aromatic carbocycles. The molecule has 0 amide bonds. The maximum Gasteiger partial charge on any atom is 0.129 e. The Labute approximate surface area is 101 Å². The zero-order valence-electron chi connectivity index (χ0n) is 9.63. The van der Waals surface area contributed by atoms with E-state index in [1.807, 2.05) is 0 Å². The summed E-state index contributed by atoms with van der Waals surface area (Å²) in [6.45, 7) is 4.13. The number of rotatable bonds is 5. The Morgan fingerprint density at radius 3 is 2.44 bits per heavy atom. The first-order valence-corrected chi connectivity index (χ1v) is 5.93. The van der Waals surface area contributed by atoms with Crippen LogP contribution in [0.4, 0.5) is 4.39 Å². The second kappa shape index (κ2) is 6.18. The summed E-state index contributed by atoms with van der Waals surface area (Å²) in [5, 5.41) is 0.426. The van der Waals surface area contributed by atoms with E-state index in [0.29, 0.717) is 10.6 Å². The second-order valence-corrected chi connectivity index (χ2v) is 4.26. The number of benzene rings is 1. The van der Waals surface area contributed by atoms with Crippen LogP contribution in [0.2, 0.25) is 5.02 Å². The molecule has 0 aromatic heterocycles. The van der Waals surface area contributed by atoms with Gasteiger partial charge in [-0.3, -0.25) is 11.3 Å². The number of halogens is 2. The molecule has 90 valence electrons. The van der Waals surface area contributed by atoms with Crippen molar-refractivity contribution < 1.29 is 4.39 Å². The van der Waals surface area contributed by atoms with Crippen molar-refractivity contribution in [3.63, 3.8) is 0 Å². The Hall–Kier alpha value is -0.640. The van der Waals surface area contributed by atoms with E-state index in [1.54, 1.807) is 12.1 Å². The Bertz CT molecular complexity index is 320. The molecule has 1 aromatic rings. The minimum atomic E-state index is -0.303. The minimum absolute atomic E-state index is 0.233. The van der Waals surface area contributed by atoms with Crippen molar-refractivity contribution in [3.05, 3.63) is 34.6 Å². The molecule has 2 nitrogen and oxygen atoms in total. The van der Waals surface area contributed by atoms with Crippen LogP contribution in [0.1, 0.15) is 38.3 Å². The summed E-state index contributed by atoms with van der Waals surface area (Å²) < 4.78 is 13.7. The fraction of sp³-hybridized carbons (Fsp3) is 0.500. The molecule has 4 heteroatoms. The van der Waals surface area contributed by atoms with Gasteiger partial charge in [0, 0.05) is 10.6 Å². The fourth-order valence-corrected chi connectivity index (χ4v) is 2.30. The van der Waals surface area contributed by atoms with Gasteiger partial charge in [-0.05, 0) is 18.1 Å². The SMILES string of the molecule is CCC(CC)C(NN)c1c(F)cccc1Cl. The molecule has 0 aliphatic rings. The monoisotopic (exact) mass is 244 g/mol. The van der Waals surface area contributed by atoms with Crippen LogP contribution in [0.5, 0.6) is 0 Å². The Balaban J connectivity index is 3.12. The maximum atomic E-state index is 13.7. The number of hydrogen-bond acceptors (Lipinski definition) is 2. The van der Waals surface area contributed by atoms with E-state index in [0.717, 1.165) is 12.8 Å². The highest BCUT2D eigenvalue weighted by atomic mass is 35.5. The van der Waals surface area contributed by atoms with Gasteiger partial charge in [0.2, 0.25) is 0 Å². The lowest BCUT2D eigenvalue weighted by atomic mass is 9.89. The van der Waals surface area contributed by atoms with Crippen molar-refractivity contribution in [2.75, 3.05) is 0 Å². The predicted molar refractivity (Wildman–Crippen MR) is 65.5 cm³/mol. The molecule has 0 saturated carbocycles. The van der Waals surface area contributed by atoms with Crippen LogP contribution in [-0.2, 0) is 0 Å². The maximum absolute atomic E-state index is 13.7. The van der Waals surface area contributed by atoms with Crippen molar-refractivity contribution in [1.29, 1.82) is 0 Å². The zero-order chi connectivity index (χ0) is 12.1. The van der Waals surface area contributed by atoms with Gasteiger partial charge in [0.15, 0.2) is 0 Å². The summed E-state index contributed by atoms with van der Waals surface area (Å²) >= 11 is 6.03. The quantitative estimate of drug-likeness (QED) is 0.615. The summed E-state index contributed by atoms with van der Waals surface area (Å²) in [6.07, 6.45) is 1.85. The van der Waals surface area contributed by atoms with Gasteiger partial charge in [0.25, 0.3) is 0 Å². The van der Waals surface area contributed by atoms with E-state index in [4.69, 9.17) is 17.4 Å². The third-order valence-electron chi connectivity index (χ3n) is 3.01. The molecule has 1 rings (SSSR count). The van der Waals surface area contributed by atoms with Gasteiger partial charge in [-0.15, -0.1) is 0 Å². The summed E-state index contributed by atoms with van der Waals surface area (Å²) in [6, 6.07) is 4.46. The Morgan fingerprint density at radius 1 is 1.38 bits per heavy atom. The molecule has 16 heavy (non-hydrogen) atoms. The third-order valence-corrected chi connectivity index (χ3v) is 3.34. The number of nitrogens with two attached hydrogens (primary N) is 1. The van der Waals surface area contributed by atoms with Gasteiger partial charge in [-0.2, -0.15) is 0 Å². The van der Waals surface area contributed by atoms with Crippen LogP contribution in [0.25, 0.3) is 0 Å². The van der Waals surface area contributed by atoms with Crippen LogP contribution < -0.4 is 11.3 Å². The Kier molecular flexibility index (Phi) is 5.19. The van der Waals surface area contributed by atoms with Crippen LogP contribution in [0.3, 0.4) is 0 Å². The highest BCUT2D eigenvalue weighted by Crippen LogP contribution is 2.33. The molecule has 0 bridgehead atoms. The molecule has 0 aliphatic heterocycles. The van der Waals surface area contributed by atoms with Crippen molar-refractivity contribution in [2.45, 2.75) is 32.7 Å². The average molecular weight is 245 g/mol. The molecular formula is C12H18ClFN2. The first-order chi connectivity index (χ1) is 7.65. The van der Waals surface area contributed by atoms with E-state index >= 15 is 0 Å². The lowest BCUT2D eigenvalue weighted by Gasteiger charge is -2.26. The van der Waals surface area contributed by atoms with Crippen LogP contribution in [0, 0.1) is 11.7 Å². The highest BCUT2D eigenvalue weighted by Gasteiger charge is 2.24. The third kappa shape index (κ3) is 2.73. The molecular weight excluding hydrogens is 227 g/mol. The van der Waals surface area contributed by atoms with Gasteiger partial charge in [-0.1, -0.05) is 44.4 Å². The molecule has 0 radical (unpaired) electrons. The molecule has 0 spiro atoms. The van der Waals surface area contributed by atoms with Gasteiger partial charge < -0.3 is 0 Å². The molecule has 0 aliphatic carbocycles. The molecule has 0 saturated heterocycles. The molecule has 1 atom stereocenters. The van der Waals surface area contributed by atoms with E-state index in [-0.39, 0.29) is 17.8 Å². The largest absolute Gasteiger partial charge is 0.271 e. The molecule has 0 fully saturated rings. The first-order valence-electron chi connectivity index (χ1n) is 5.55. The smallest absolute Gasteiger partial charge is 0.129 e. The van der Waals surface area contributed by atoms with Gasteiger partial charge in [0.05, 0.1) is 6.04 Å². The van der Waals surface area contributed by atoms with E-state index < -0.39 is 0 Å². The summed E-state index contributed by atoms with van der Waals surface area (Å²) in [5.41, 5.74) is 3.15. The predicted octanol–water partition coefficient (Wildman–Crippen LogP) is 3.42. The van der Waals surface area contributed by atoms with Crippen LogP contribution in [-0.4, -0.2) is 0 Å². The summed E-state index contributed by atoms with van der Waals surface area (Å²) in [4.78, 5) is 0. The van der Waals surface area contributed by atoms with Gasteiger partial charge in [0.1, 0.15) is 5.82 Å². The van der Waals surface area contributed by atoms with Gasteiger partial charge in [-0.25, -0.2) is 4.39 Å².